The Morgan fingerprint density at radius 1 is 1.40 bits per heavy atom. The summed E-state index contributed by atoms with van der Waals surface area (Å²) in [6.07, 6.45) is 2.94. The molecular formula is C12H12FNO. The Kier molecular flexibility index (Phi) is 1.99. The van der Waals surface area contributed by atoms with Crippen molar-refractivity contribution >= 4 is 10.9 Å². The number of benzene rings is 1. The molecule has 3 rings (SSSR count). The molecule has 2 aromatic rings. The lowest BCUT2D eigenvalue weighted by molar-refractivity contribution is 0.194. The number of H-pyrrole nitrogens is 1. The van der Waals surface area contributed by atoms with Gasteiger partial charge in [-0.2, -0.15) is 0 Å². The van der Waals surface area contributed by atoms with Gasteiger partial charge in [0.25, 0.3) is 0 Å². The van der Waals surface area contributed by atoms with E-state index in [4.69, 9.17) is 4.74 Å². The lowest BCUT2D eigenvalue weighted by Crippen LogP contribution is -1.95. The van der Waals surface area contributed by atoms with Gasteiger partial charge in [-0.05, 0) is 18.1 Å². The van der Waals surface area contributed by atoms with Gasteiger partial charge in [0.2, 0.25) is 0 Å². The number of halogens is 1. The van der Waals surface area contributed by atoms with Crippen molar-refractivity contribution in [1.82, 2.24) is 4.98 Å². The maximum absolute atomic E-state index is 13.4. The van der Waals surface area contributed by atoms with Crippen LogP contribution in [0.2, 0.25) is 0 Å². The fourth-order valence-electron chi connectivity index (χ4n) is 2.26. The van der Waals surface area contributed by atoms with E-state index in [1.165, 1.54) is 11.6 Å². The fourth-order valence-corrected chi connectivity index (χ4v) is 2.26. The first-order chi connectivity index (χ1) is 7.36. The molecule has 1 fully saturated rings. The zero-order chi connectivity index (χ0) is 10.3. The summed E-state index contributed by atoms with van der Waals surface area (Å²) in [6.45, 7) is 1.57. The van der Waals surface area contributed by atoms with Crippen LogP contribution in [0.25, 0.3) is 10.9 Å². The Bertz CT molecular complexity index is 485. The van der Waals surface area contributed by atoms with Crippen molar-refractivity contribution in [3.05, 3.63) is 35.8 Å². The lowest BCUT2D eigenvalue weighted by atomic mass is 9.98. The second-order valence-corrected chi connectivity index (χ2v) is 3.97. The van der Waals surface area contributed by atoms with E-state index in [1.54, 1.807) is 6.07 Å². The Balaban J connectivity index is 2.15. The molecule has 1 aromatic heterocycles. The molecule has 1 aliphatic heterocycles. The van der Waals surface area contributed by atoms with Crippen LogP contribution in [0.1, 0.15) is 17.9 Å². The number of aromatic amines is 1. The smallest absolute Gasteiger partial charge is 0.147 e. The summed E-state index contributed by atoms with van der Waals surface area (Å²) >= 11 is 0. The number of hydrogen-bond acceptors (Lipinski definition) is 1. The Morgan fingerprint density at radius 3 is 3.13 bits per heavy atom. The van der Waals surface area contributed by atoms with E-state index >= 15 is 0 Å². The second-order valence-electron chi connectivity index (χ2n) is 3.97. The molecule has 15 heavy (non-hydrogen) atoms. The summed E-state index contributed by atoms with van der Waals surface area (Å²) in [5.41, 5.74) is 1.79. The zero-order valence-corrected chi connectivity index (χ0v) is 8.29. The van der Waals surface area contributed by atoms with Crippen LogP contribution in [-0.2, 0) is 4.74 Å². The zero-order valence-electron chi connectivity index (χ0n) is 8.29. The molecule has 2 heterocycles. The molecule has 0 spiro atoms. The lowest BCUT2D eigenvalue weighted by Gasteiger charge is -2.05. The van der Waals surface area contributed by atoms with Crippen LogP contribution in [0, 0.1) is 5.82 Å². The summed E-state index contributed by atoms with van der Waals surface area (Å²) in [7, 11) is 0. The van der Waals surface area contributed by atoms with Gasteiger partial charge in [0.15, 0.2) is 0 Å². The third-order valence-electron chi connectivity index (χ3n) is 3.07. The highest BCUT2D eigenvalue weighted by atomic mass is 19.1. The van der Waals surface area contributed by atoms with Crippen LogP contribution in [0.4, 0.5) is 4.39 Å². The van der Waals surface area contributed by atoms with Gasteiger partial charge in [0, 0.05) is 24.1 Å². The Morgan fingerprint density at radius 2 is 2.33 bits per heavy atom. The first-order valence-corrected chi connectivity index (χ1v) is 5.19. The Hall–Kier alpha value is -1.35. The highest BCUT2D eigenvalue weighted by Gasteiger charge is 2.21. The predicted molar refractivity (Wildman–Crippen MR) is 56.4 cm³/mol. The summed E-state index contributed by atoms with van der Waals surface area (Å²) in [5, 5.41) is 0.991. The number of para-hydroxylation sites is 1. The monoisotopic (exact) mass is 205 g/mol. The summed E-state index contributed by atoms with van der Waals surface area (Å²) in [5.74, 6) is 0.234. The molecular weight excluding hydrogens is 193 g/mol. The molecule has 2 nitrogen and oxygen atoms in total. The molecule has 0 amide bonds. The van der Waals surface area contributed by atoms with Crippen LogP contribution in [0.5, 0.6) is 0 Å². The minimum Gasteiger partial charge on any atom is -0.381 e. The molecule has 1 saturated heterocycles. The standard InChI is InChI=1S/C12H12FNO/c13-11-3-1-2-9-10(6-14-12(9)11)8-4-5-15-7-8/h1-3,6,8,14H,4-5,7H2/t8-/m1/s1. The van der Waals surface area contributed by atoms with Gasteiger partial charge >= 0.3 is 0 Å². The van der Waals surface area contributed by atoms with E-state index < -0.39 is 0 Å². The molecule has 1 N–H and O–H groups in total. The van der Waals surface area contributed by atoms with E-state index in [-0.39, 0.29) is 5.82 Å². The summed E-state index contributed by atoms with van der Waals surface area (Å²) < 4.78 is 18.8. The largest absolute Gasteiger partial charge is 0.381 e. The SMILES string of the molecule is Fc1cccc2c([C@@H]3CCOC3)c[nH]c12. The first kappa shape index (κ1) is 8.92. The third-order valence-corrected chi connectivity index (χ3v) is 3.07. The maximum Gasteiger partial charge on any atom is 0.147 e. The van der Waals surface area contributed by atoms with Gasteiger partial charge in [-0.1, -0.05) is 12.1 Å². The minimum absolute atomic E-state index is 0.183. The number of hydrogen-bond donors (Lipinski definition) is 1. The molecule has 78 valence electrons. The summed E-state index contributed by atoms with van der Waals surface area (Å²) in [4.78, 5) is 3.00. The molecule has 0 saturated carbocycles. The van der Waals surface area contributed by atoms with Crippen molar-refractivity contribution in [1.29, 1.82) is 0 Å². The van der Waals surface area contributed by atoms with Crippen LogP contribution in [-0.4, -0.2) is 18.2 Å². The van der Waals surface area contributed by atoms with E-state index in [0.29, 0.717) is 11.4 Å². The van der Waals surface area contributed by atoms with Crippen molar-refractivity contribution in [2.45, 2.75) is 12.3 Å². The molecule has 1 aromatic carbocycles. The predicted octanol–water partition coefficient (Wildman–Crippen LogP) is 2.81. The maximum atomic E-state index is 13.4. The molecule has 1 atom stereocenters. The van der Waals surface area contributed by atoms with Crippen LogP contribution in [0.3, 0.4) is 0 Å². The van der Waals surface area contributed by atoms with Crippen molar-refractivity contribution < 1.29 is 9.13 Å². The molecule has 0 aliphatic carbocycles. The number of rotatable bonds is 1. The van der Waals surface area contributed by atoms with Gasteiger partial charge in [0.1, 0.15) is 5.82 Å². The van der Waals surface area contributed by atoms with Crippen LogP contribution < -0.4 is 0 Å². The normalized spacial score (nSPS) is 21.3. The van der Waals surface area contributed by atoms with E-state index in [9.17, 15) is 4.39 Å². The Labute approximate surface area is 87.1 Å². The van der Waals surface area contributed by atoms with Crippen molar-refractivity contribution in [2.75, 3.05) is 13.2 Å². The van der Waals surface area contributed by atoms with Gasteiger partial charge in [0.05, 0.1) is 12.1 Å². The van der Waals surface area contributed by atoms with Gasteiger partial charge in [-0.3, -0.25) is 0 Å². The number of fused-ring (bicyclic) bond motifs is 1. The van der Waals surface area contributed by atoms with Crippen molar-refractivity contribution in [2.24, 2.45) is 0 Å². The van der Waals surface area contributed by atoms with E-state index in [0.717, 1.165) is 25.0 Å². The average molecular weight is 205 g/mol. The van der Waals surface area contributed by atoms with Crippen molar-refractivity contribution in [3.63, 3.8) is 0 Å². The van der Waals surface area contributed by atoms with Crippen LogP contribution >= 0.6 is 0 Å². The van der Waals surface area contributed by atoms with Crippen molar-refractivity contribution in [3.8, 4) is 0 Å². The van der Waals surface area contributed by atoms with Gasteiger partial charge < -0.3 is 9.72 Å². The number of aromatic nitrogens is 1. The quantitative estimate of drug-likeness (QED) is 0.760. The molecule has 0 unspecified atom stereocenters. The number of ether oxygens (including phenoxy) is 1. The molecule has 0 bridgehead atoms. The minimum atomic E-state index is -0.183. The topological polar surface area (TPSA) is 25.0 Å². The second kappa shape index (κ2) is 3.35. The average Bonchev–Trinajstić information content (AvgIpc) is 2.85. The van der Waals surface area contributed by atoms with Crippen LogP contribution in [0.15, 0.2) is 24.4 Å². The van der Waals surface area contributed by atoms with Gasteiger partial charge in [-0.15, -0.1) is 0 Å². The van der Waals surface area contributed by atoms with Gasteiger partial charge in [-0.25, -0.2) is 4.39 Å². The molecule has 0 radical (unpaired) electrons. The first-order valence-electron chi connectivity index (χ1n) is 5.19. The third kappa shape index (κ3) is 1.35. The highest BCUT2D eigenvalue weighted by molar-refractivity contribution is 5.84. The summed E-state index contributed by atoms with van der Waals surface area (Å²) in [6, 6.07) is 5.20. The molecule has 3 heteroatoms. The van der Waals surface area contributed by atoms with E-state index in [2.05, 4.69) is 4.98 Å². The fraction of sp³-hybridized carbons (Fsp3) is 0.333. The van der Waals surface area contributed by atoms with E-state index in [1.807, 2.05) is 12.3 Å². The highest BCUT2D eigenvalue weighted by Crippen LogP contribution is 2.31. The number of nitrogens with one attached hydrogen (secondary N) is 1. The molecule has 1 aliphatic rings.